The minimum Gasteiger partial charge on any atom is -0.496 e. The zero-order chi connectivity index (χ0) is 24.8. The number of pyridine rings is 1. The van der Waals surface area contributed by atoms with Gasteiger partial charge in [-0.25, -0.2) is 24.9 Å². The van der Waals surface area contributed by atoms with Crippen LogP contribution < -0.4 is 20.1 Å². The Morgan fingerprint density at radius 3 is 2.46 bits per heavy atom. The summed E-state index contributed by atoms with van der Waals surface area (Å²) in [4.78, 5) is 21.6. The van der Waals surface area contributed by atoms with E-state index in [1.54, 1.807) is 38.7 Å². The third-order valence-electron chi connectivity index (χ3n) is 5.26. The number of aliphatic hydroxyl groups excluding tert-OH is 1. The number of benzene rings is 1. The summed E-state index contributed by atoms with van der Waals surface area (Å²) in [6, 6.07) is 7.23. The second-order valence-corrected chi connectivity index (χ2v) is 7.82. The van der Waals surface area contributed by atoms with Crippen LogP contribution in [-0.2, 0) is 6.42 Å². The van der Waals surface area contributed by atoms with E-state index in [2.05, 4.69) is 35.6 Å². The van der Waals surface area contributed by atoms with Gasteiger partial charge < -0.3 is 25.2 Å². The van der Waals surface area contributed by atoms with Gasteiger partial charge in [-0.05, 0) is 25.0 Å². The van der Waals surface area contributed by atoms with Crippen LogP contribution in [0, 0.1) is 6.92 Å². The van der Waals surface area contributed by atoms with Gasteiger partial charge >= 0.3 is 0 Å². The standard InChI is InChI=1S/C24H24ClN7O3/c1-14-18(34-2)9-19(35-3)22(25)23(14)32-24-16(11-26-12-30-24)17-8-21(29-13-28-17)31-20-5-4-15(6-7-33)10-27-20/h4-5,8-13,33H,6-7H2,1-3H3,(H,26,30,32)(H,27,28,29,31). The minimum absolute atomic E-state index is 0.0759. The van der Waals surface area contributed by atoms with Gasteiger partial charge in [-0.3, -0.25) is 0 Å². The van der Waals surface area contributed by atoms with Gasteiger partial charge in [-0.2, -0.15) is 0 Å². The van der Waals surface area contributed by atoms with Gasteiger partial charge in [-0.15, -0.1) is 0 Å². The van der Waals surface area contributed by atoms with Crippen molar-refractivity contribution in [1.82, 2.24) is 24.9 Å². The number of hydrogen-bond acceptors (Lipinski definition) is 10. The van der Waals surface area contributed by atoms with Crippen molar-refractivity contribution in [2.24, 2.45) is 0 Å². The maximum atomic E-state index is 9.07. The number of halogens is 1. The normalized spacial score (nSPS) is 10.7. The van der Waals surface area contributed by atoms with Crippen molar-refractivity contribution in [3.05, 3.63) is 65.5 Å². The molecule has 0 saturated carbocycles. The van der Waals surface area contributed by atoms with Gasteiger partial charge in [0.1, 0.15) is 46.6 Å². The molecule has 0 radical (unpaired) electrons. The van der Waals surface area contributed by atoms with E-state index in [1.165, 1.54) is 12.7 Å². The number of methoxy groups -OCH3 is 2. The lowest BCUT2D eigenvalue weighted by Crippen LogP contribution is -2.03. The van der Waals surface area contributed by atoms with Crippen LogP contribution >= 0.6 is 11.6 Å². The van der Waals surface area contributed by atoms with Crippen LogP contribution in [-0.4, -0.2) is 50.9 Å². The molecule has 0 fully saturated rings. The van der Waals surface area contributed by atoms with E-state index < -0.39 is 0 Å². The molecule has 1 aromatic carbocycles. The Bertz CT molecular complexity index is 1290. The molecular weight excluding hydrogens is 470 g/mol. The Hall–Kier alpha value is -4.02. The van der Waals surface area contributed by atoms with Gasteiger partial charge in [0.25, 0.3) is 0 Å². The van der Waals surface area contributed by atoms with Crippen molar-refractivity contribution in [3.63, 3.8) is 0 Å². The maximum Gasteiger partial charge on any atom is 0.143 e. The van der Waals surface area contributed by atoms with Crippen molar-refractivity contribution < 1.29 is 14.6 Å². The average molecular weight is 494 g/mol. The van der Waals surface area contributed by atoms with Crippen LogP contribution in [0.2, 0.25) is 5.02 Å². The fourth-order valence-corrected chi connectivity index (χ4v) is 3.75. The zero-order valence-corrected chi connectivity index (χ0v) is 20.2. The highest BCUT2D eigenvalue weighted by molar-refractivity contribution is 6.35. The second kappa shape index (κ2) is 10.9. The Labute approximate surface area is 207 Å². The van der Waals surface area contributed by atoms with Crippen LogP contribution in [0.15, 0.2) is 49.3 Å². The lowest BCUT2D eigenvalue weighted by molar-refractivity contribution is 0.299. The summed E-state index contributed by atoms with van der Waals surface area (Å²) in [5.41, 5.74) is 3.57. The fraction of sp³-hybridized carbons (Fsp3) is 0.208. The van der Waals surface area contributed by atoms with Gasteiger partial charge in [-0.1, -0.05) is 17.7 Å². The first kappa shape index (κ1) is 24.1. The van der Waals surface area contributed by atoms with Crippen LogP contribution in [0.3, 0.4) is 0 Å². The first-order chi connectivity index (χ1) is 17.0. The van der Waals surface area contributed by atoms with Crippen LogP contribution in [0.1, 0.15) is 11.1 Å². The smallest absolute Gasteiger partial charge is 0.143 e. The first-order valence-corrected chi connectivity index (χ1v) is 11.0. The summed E-state index contributed by atoms with van der Waals surface area (Å²) in [5.74, 6) is 2.75. The fourth-order valence-electron chi connectivity index (χ4n) is 3.43. The molecular formula is C24H24ClN7O3. The van der Waals surface area contributed by atoms with E-state index in [9.17, 15) is 0 Å². The van der Waals surface area contributed by atoms with Gasteiger partial charge in [0.2, 0.25) is 0 Å². The highest BCUT2D eigenvalue weighted by atomic mass is 35.5. The largest absolute Gasteiger partial charge is 0.496 e. The van der Waals surface area contributed by atoms with Crippen molar-refractivity contribution >= 4 is 34.7 Å². The van der Waals surface area contributed by atoms with E-state index in [0.29, 0.717) is 57.3 Å². The molecule has 3 N–H and O–H groups in total. The number of nitrogens with zero attached hydrogens (tertiary/aromatic N) is 5. The topological polar surface area (TPSA) is 127 Å². The zero-order valence-electron chi connectivity index (χ0n) is 19.4. The molecule has 35 heavy (non-hydrogen) atoms. The molecule has 3 heterocycles. The highest BCUT2D eigenvalue weighted by Gasteiger charge is 2.18. The number of anilines is 4. The predicted molar refractivity (Wildman–Crippen MR) is 134 cm³/mol. The summed E-state index contributed by atoms with van der Waals surface area (Å²) >= 11 is 6.59. The van der Waals surface area contributed by atoms with E-state index in [0.717, 1.165) is 11.1 Å². The molecule has 0 aliphatic rings. The summed E-state index contributed by atoms with van der Waals surface area (Å²) < 4.78 is 10.9. The Morgan fingerprint density at radius 2 is 1.74 bits per heavy atom. The molecule has 0 atom stereocenters. The first-order valence-electron chi connectivity index (χ1n) is 10.7. The molecule has 0 bridgehead atoms. The van der Waals surface area contributed by atoms with Crippen molar-refractivity contribution in [1.29, 1.82) is 0 Å². The molecule has 4 rings (SSSR count). The van der Waals surface area contributed by atoms with Crippen molar-refractivity contribution in [3.8, 4) is 22.8 Å². The molecule has 10 nitrogen and oxygen atoms in total. The molecule has 0 aliphatic carbocycles. The maximum absolute atomic E-state index is 9.07. The third kappa shape index (κ3) is 5.39. The van der Waals surface area contributed by atoms with Crippen LogP contribution in [0.5, 0.6) is 11.5 Å². The van der Waals surface area contributed by atoms with Crippen molar-refractivity contribution in [2.45, 2.75) is 13.3 Å². The number of aromatic nitrogens is 5. The number of ether oxygens (including phenoxy) is 2. The number of hydrogen-bond donors (Lipinski definition) is 3. The van der Waals surface area contributed by atoms with Gasteiger partial charge in [0, 0.05) is 36.7 Å². The Kier molecular flexibility index (Phi) is 7.54. The van der Waals surface area contributed by atoms with E-state index >= 15 is 0 Å². The second-order valence-electron chi connectivity index (χ2n) is 7.44. The molecule has 0 saturated heterocycles. The van der Waals surface area contributed by atoms with Gasteiger partial charge in [0.05, 0.1) is 31.2 Å². The van der Waals surface area contributed by atoms with Crippen molar-refractivity contribution in [2.75, 3.05) is 31.5 Å². The average Bonchev–Trinajstić information content (AvgIpc) is 2.88. The lowest BCUT2D eigenvalue weighted by atomic mass is 10.1. The number of nitrogens with one attached hydrogen (secondary N) is 2. The quantitative estimate of drug-likeness (QED) is 0.310. The summed E-state index contributed by atoms with van der Waals surface area (Å²) in [5, 5.41) is 15.9. The minimum atomic E-state index is 0.0759. The van der Waals surface area contributed by atoms with Gasteiger partial charge in [0.15, 0.2) is 0 Å². The molecule has 0 unspecified atom stereocenters. The number of aliphatic hydroxyl groups is 1. The molecule has 3 aromatic heterocycles. The highest BCUT2D eigenvalue weighted by Crippen LogP contribution is 2.42. The van der Waals surface area contributed by atoms with Crippen LogP contribution in [0.4, 0.5) is 23.1 Å². The molecule has 11 heteroatoms. The molecule has 0 aliphatic heterocycles. The molecule has 180 valence electrons. The van der Waals surface area contributed by atoms with Crippen LogP contribution in [0.25, 0.3) is 11.3 Å². The molecule has 0 spiro atoms. The number of rotatable bonds is 9. The van der Waals surface area contributed by atoms with E-state index in [1.807, 2.05) is 19.1 Å². The monoisotopic (exact) mass is 493 g/mol. The summed E-state index contributed by atoms with van der Waals surface area (Å²) in [7, 11) is 3.13. The lowest BCUT2D eigenvalue weighted by Gasteiger charge is -2.18. The molecule has 0 amide bonds. The SMILES string of the molecule is COc1cc(OC)c(Cl)c(Nc2ncncc2-c2cc(Nc3ccc(CCO)cn3)ncn2)c1C. The molecule has 4 aromatic rings. The summed E-state index contributed by atoms with van der Waals surface area (Å²) in [6.45, 7) is 1.96. The van der Waals surface area contributed by atoms with E-state index in [4.69, 9.17) is 26.2 Å². The third-order valence-corrected chi connectivity index (χ3v) is 5.64. The van der Waals surface area contributed by atoms with E-state index in [-0.39, 0.29) is 6.61 Å². The summed E-state index contributed by atoms with van der Waals surface area (Å²) in [6.07, 6.45) is 6.80. The Morgan fingerprint density at radius 1 is 0.914 bits per heavy atom. The Balaban J connectivity index is 1.65. The predicted octanol–water partition coefficient (Wildman–Crippen LogP) is 4.33.